The third kappa shape index (κ3) is 16.3. The Kier molecular flexibility index (Phi) is 21.8. The number of hydrogen-bond donors (Lipinski definition) is 12. The van der Waals surface area contributed by atoms with Crippen molar-refractivity contribution < 1.29 is 48.3 Å². The highest BCUT2D eigenvalue weighted by Crippen LogP contribution is 2.29. The first-order valence-electron chi connectivity index (χ1n) is 28.3. The van der Waals surface area contributed by atoms with Gasteiger partial charge in [-0.3, -0.25) is 43.2 Å². The van der Waals surface area contributed by atoms with Crippen molar-refractivity contribution in [1.82, 2.24) is 47.5 Å². The Balaban J connectivity index is 1.20. The lowest BCUT2D eigenvalue weighted by Gasteiger charge is -2.29. The SMILES string of the molecule is CC(=O)N[C@H](C(=O)NC1CSSCC(C(=O)N[C@H](C(N)=O)c2cccc3ccccc23)NC(=O)C(C(C)C)NC(=O)[C@H](CCCCN)NC(=O)C(Cc2c[nH]c3ccccc23)NC(=O)[C@H](Cc2ccc(O)cc2)NC1=O)c1cccc2ccccc12. The number of unbranched alkanes of at least 4 members (excludes halogenated alkanes) is 1. The summed E-state index contributed by atoms with van der Waals surface area (Å²) in [4.78, 5) is 133. The van der Waals surface area contributed by atoms with Crippen molar-refractivity contribution in [2.24, 2.45) is 17.4 Å². The van der Waals surface area contributed by atoms with Gasteiger partial charge in [-0.25, -0.2) is 0 Å². The van der Waals surface area contributed by atoms with E-state index in [0.717, 1.165) is 43.3 Å². The van der Waals surface area contributed by atoms with Crippen LogP contribution in [0.3, 0.4) is 0 Å². The molecule has 9 amide bonds. The molecule has 1 fully saturated rings. The molecular weight excluding hydrogens is 1130 g/mol. The number of phenols is 1. The van der Waals surface area contributed by atoms with E-state index in [1.165, 1.54) is 19.1 Å². The minimum atomic E-state index is -1.49. The molecule has 8 rings (SSSR count). The van der Waals surface area contributed by atoms with Crippen molar-refractivity contribution in [3.63, 3.8) is 0 Å². The average molecular weight is 1210 g/mol. The molecule has 0 bridgehead atoms. The van der Waals surface area contributed by atoms with Gasteiger partial charge in [0.1, 0.15) is 54.1 Å². The standard InChI is InChI=1S/C63H71N11O10S2/c1-35(2)53-62(83)71-52(61(82)74-54(56(65)77)45-21-12-16-38-14-4-6-18-42(38)45)34-86-85-33-51(72-63(84)55(67-36(3)75)46-22-13-17-39-15-5-7-19-43(39)46)60(81)69-49(30-37-25-27-41(76)28-26-37)58(79)70-50(31-40-32-66-47-23-9-8-20-44(40)47)59(80)68-48(57(78)73-53)24-10-11-29-64/h4-9,12-23,25-28,32,35,48-55,66,76H,10-11,24,29-31,33-34,64H2,1-3H3,(H2,65,77)(H,67,75)(H,68,80)(H,69,81)(H,70,79)(H,71,83)(H,72,84)(H,73,78)(H,74,82)/t48-,49-,50?,51?,52?,53?,54-,55-/m0/s1. The van der Waals surface area contributed by atoms with E-state index < -0.39 is 107 Å². The van der Waals surface area contributed by atoms with Crippen molar-refractivity contribution >= 4 is 107 Å². The number of amides is 9. The van der Waals surface area contributed by atoms with Gasteiger partial charge in [-0.05, 0) is 93.7 Å². The smallest absolute Gasteiger partial charge is 0.247 e. The van der Waals surface area contributed by atoms with E-state index >= 15 is 9.59 Å². The van der Waals surface area contributed by atoms with Gasteiger partial charge >= 0.3 is 0 Å². The molecule has 86 heavy (non-hydrogen) atoms. The van der Waals surface area contributed by atoms with Crippen LogP contribution in [0.5, 0.6) is 5.75 Å². The van der Waals surface area contributed by atoms with Crippen LogP contribution in [0, 0.1) is 5.92 Å². The molecule has 0 aliphatic carbocycles. The Bertz CT molecular complexity index is 3610. The molecular formula is C63H71N11O10S2. The average Bonchev–Trinajstić information content (AvgIpc) is 3.29. The highest BCUT2D eigenvalue weighted by molar-refractivity contribution is 8.76. The molecule has 6 aromatic carbocycles. The maximum Gasteiger partial charge on any atom is 0.247 e. The summed E-state index contributed by atoms with van der Waals surface area (Å²) in [6, 6.07) is 27.1. The summed E-state index contributed by atoms with van der Waals surface area (Å²) in [7, 11) is 2.05. The zero-order chi connectivity index (χ0) is 61.4. The Morgan fingerprint density at radius 2 is 1.16 bits per heavy atom. The quantitative estimate of drug-likeness (QED) is 0.0448. The van der Waals surface area contributed by atoms with Crippen LogP contribution in [0.1, 0.15) is 74.4 Å². The summed E-state index contributed by atoms with van der Waals surface area (Å²) in [6.45, 7) is 4.90. The number of phenolic OH excluding ortho intramolecular Hbond substituents is 1. The maximum absolute atomic E-state index is 15.1. The van der Waals surface area contributed by atoms with E-state index in [1.54, 1.807) is 80.7 Å². The molecule has 0 spiro atoms. The van der Waals surface area contributed by atoms with Gasteiger partial charge < -0.3 is 64.1 Å². The zero-order valence-corrected chi connectivity index (χ0v) is 49.4. The second kappa shape index (κ2) is 29.7. The molecule has 0 radical (unpaired) electrons. The van der Waals surface area contributed by atoms with Crippen LogP contribution in [0.4, 0.5) is 0 Å². The molecule has 21 nitrogen and oxygen atoms in total. The van der Waals surface area contributed by atoms with Crippen LogP contribution in [0.25, 0.3) is 32.4 Å². The third-order valence-electron chi connectivity index (χ3n) is 14.8. The van der Waals surface area contributed by atoms with E-state index in [0.29, 0.717) is 45.9 Å². The number of rotatable bonds is 17. The molecule has 8 atom stereocenters. The number of benzene rings is 6. The van der Waals surface area contributed by atoms with Crippen molar-refractivity contribution in [1.29, 1.82) is 0 Å². The largest absolute Gasteiger partial charge is 0.508 e. The van der Waals surface area contributed by atoms with E-state index in [2.05, 4.69) is 47.5 Å². The zero-order valence-electron chi connectivity index (χ0n) is 47.7. The number of para-hydroxylation sites is 1. The van der Waals surface area contributed by atoms with Gasteiger partial charge in [-0.15, -0.1) is 0 Å². The van der Waals surface area contributed by atoms with Crippen LogP contribution in [0.2, 0.25) is 0 Å². The number of aromatic nitrogens is 1. The van der Waals surface area contributed by atoms with Gasteiger partial charge in [-0.1, -0.05) is 151 Å². The lowest BCUT2D eigenvalue weighted by atomic mass is 9.97. The Morgan fingerprint density at radius 3 is 1.79 bits per heavy atom. The van der Waals surface area contributed by atoms with Crippen LogP contribution in [0.15, 0.2) is 140 Å². The first-order valence-corrected chi connectivity index (χ1v) is 30.8. The normalized spacial score (nSPS) is 20.1. The summed E-state index contributed by atoms with van der Waals surface area (Å²) < 4.78 is 0. The number of hydrogen-bond acceptors (Lipinski definition) is 13. The van der Waals surface area contributed by atoms with E-state index in [4.69, 9.17) is 11.5 Å². The predicted molar refractivity (Wildman–Crippen MR) is 333 cm³/mol. The predicted octanol–water partition coefficient (Wildman–Crippen LogP) is 4.27. The summed E-state index contributed by atoms with van der Waals surface area (Å²) in [5.41, 5.74) is 14.6. The van der Waals surface area contributed by atoms with E-state index in [1.807, 2.05) is 60.7 Å². The van der Waals surface area contributed by atoms with Gasteiger partial charge in [0.2, 0.25) is 53.2 Å². The number of carbonyl (C=O) groups is 9. The molecule has 1 aromatic heterocycles. The first-order chi connectivity index (χ1) is 41.4. The minimum absolute atomic E-state index is 0.0620. The summed E-state index contributed by atoms with van der Waals surface area (Å²) >= 11 is 0. The molecule has 4 unspecified atom stereocenters. The fraction of sp³-hybridized carbons (Fsp3) is 0.317. The number of nitrogens with two attached hydrogens (primary N) is 2. The molecule has 14 N–H and O–H groups in total. The number of aromatic hydroxyl groups is 1. The number of H-pyrrole nitrogens is 1. The van der Waals surface area contributed by atoms with Gasteiger partial charge in [0.15, 0.2) is 0 Å². The first kappa shape index (κ1) is 63.1. The van der Waals surface area contributed by atoms with Crippen LogP contribution >= 0.6 is 21.6 Å². The van der Waals surface area contributed by atoms with Crippen molar-refractivity contribution in [2.75, 3.05) is 18.1 Å². The summed E-state index contributed by atoms with van der Waals surface area (Å²) in [6.07, 6.45) is 2.31. The van der Waals surface area contributed by atoms with Crippen molar-refractivity contribution in [3.05, 3.63) is 162 Å². The van der Waals surface area contributed by atoms with Gasteiger partial charge in [-0.2, -0.15) is 0 Å². The fourth-order valence-electron chi connectivity index (χ4n) is 10.3. The number of carbonyl (C=O) groups excluding carboxylic acids is 9. The minimum Gasteiger partial charge on any atom is -0.508 e. The molecule has 1 saturated heterocycles. The van der Waals surface area contributed by atoms with Gasteiger partial charge in [0.05, 0.1) is 0 Å². The van der Waals surface area contributed by atoms with Crippen LogP contribution in [-0.2, 0) is 56.0 Å². The number of aromatic amines is 1. The summed E-state index contributed by atoms with van der Waals surface area (Å²) in [5, 5.41) is 36.2. The highest BCUT2D eigenvalue weighted by Gasteiger charge is 2.37. The Hall–Kier alpha value is -8.93. The molecule has 450 valence electrons. The number of fused-ring (bicyclic) bond motifs is 3. The second-order valence-electron chi connectivity index (χ2n) is 21.4. The van der Waals surface area contributed by atoms with Gasteiger partial charge in [0, 0.05) is 48.4 Å². The maximum atomic E-state index is 15.1. The van der Waals surface area contributed by atoms with Crippen LogP contribution in [-0.4, -0.2) is 118 Å². The molecule has 0 saturated carbocycles. The van der Waals surface area contributed by atoms with Gasteiger partial charge in [0.25, 0.3) is 0 Å². The Labute approximate surface area is 504 Å². The van der Waals surface area contributed by atoms with E-state index in [9.17, 15) is 38.7 Å². The number of nitrogens with one attached hydrogen (secondary N) is 9. The molecule has 2 heterocycles. The fourth-order valence-corrected chi connectivity index (χ4v) is 12.7. The van der Waals surface area contributed by atoms with Crippen molar-refractivity contribution in [2.45, 2.75) is 101 Å². The lowest BCUT2D eigenvalue weighted by Crippen LogP contribution is -2.61. The Morgan fingerprint density at radius 1 is 0.605 bits per heavy atom. The van der Waals surface area contributed by atoms with Crippen LogP contribution < -0.4 is 54.0 Å². The monoisotopic (exact) mass is 1210 g/mol. The summed E-state index contributed by atoms with van der Waals surface area (Å²) in [5.74, 6) is -8.19. The highest BCUT2D eigenvalue weighted by atomic mass is 33.1. The molecule has 1 aliphatic rings. The molecule has 7 aromatic rings. The topological polar surface area (TPSA) is 338 Å². The lowest BCUT2D eigenvalue weighted by molar-refractivity contribution is -0.136. The number of primary amides is 1. The second-order valence-corrected chi connectivity index (χ2v) is 24.0. The van der Waals surface area contributed by atoms with E-state index in [-0.39, 0.29) is 43.1 Å². The molecule has 1 aliphatic heterocycles. The van der Waals surface area contributed by atoms with Crippen molar-refractivity contribution in [3.8, 4) is 5.75 Å². The molecule has 23 heteroatoms. The third-order valence-corrected chi connectivity index (χ3v) is 17.3.